The summed E-state index contributed by atoms with van der Waals surface area (Å²) in [5.74, 6) is -5.49. The summed E-state index contributed by atoms with van der Waals surface area (Å²) in [6.45, 7) is 0. The Labute approximate surface area is 56.7 Å². The molecular weight excluding hydrogens is 178 g/mol. The highest BCUT2D eigenvalue weighted by Gasteiger charge is 2.47. The van der Waals surface area contributed by atoms with Crippen molar-refractivity contribution in [2.24, 2.45) is 5.73 Å². The van der Waals surface area contributed by atoms with Gasteiger partial charge in [-0.3, -0.25) is 0 Å². The molecule has 0 rings (SSSR count). The highest BCUT2D eigenvalue weighted by molar-refractivity contribution is 5.03. The van der Waals surface area contributed by atoms with Crippen molar-refractivity contribution >= 4 is 0 Å². The highest BCUT2D eigenvalue weighted by Crippen LogP contribution is 2.31. The van der Waals surface area contributed by atoms with Crippen LogP contribution < -0.4 is 5.73 Å². The number of rotatable bonds is 2. The Morgan fingerprint density at radius 2 is 1.55 bits per heavy atom. The third kappa shape index (κ3) is 2.00. The Morgan fingerprint density at radius 3 is 1.64 bits per heavy atom. The van der Waals surface area contributed by atoms with Gasteiger partial charge in [0.05, 0.1) is 5.34 Å². The lowest BCUT2D eigenvalue weighted by molar-refractivity contribution is -0.320. The largest absolute Gasteiger partial charge is 0.414 e. The second-order valence-corrected chi connectivity index (χ2v) is 1.44. The van der Waals surface area contributed by atoms with Gasteiger partial charge >= 0.3 is 6.05 Å². The van der Waals surface area contributed by atoms with Crippen LogP contribution >= 0.6 is 0 Å². The smallest absolute Gasteiger partial charge is 0.373 e. The van der Waals surface area contributed by atoms with E-state index in [4.69, 9.17) is 0 Å². The van der Waals surface area contributed by atoms with E-state index in [1.165, 1.54) is 0 Å². The van der Waals surface area contributed by atoms with Gasteiger partial charge in [0.1, 0.15) is 0 Å². The molecule has 2 nitrogen and oxygen atoms in total. The lowest BCUT2D eigenvalue weighted by Gasteiger charge is -2.12. The van der Waals surface area contributed by atoms with E-state index in [1.54, 1.807) is 0 Å². The molecule has 0 radical (unpaired) electrons. The summed E-state index contributed by atoms with van der Waals surface area (Å²) >= 11 is 0. The molecule has 0 aromatic rings. The molecule has 66 valence electrons. The lowest BCUT2D eigenvalue weighted by Crippen LogP contribution is -2.31. The zero-order chi connectivity index (χ0) is 9.23. The first-order valence-corrected chi connectivity index (χ1v) is 2.11. The number of hydrogen-bond acceptors (Lipinski definition) is 2. The normalized spacial score (nSPS) is 15.2. The van der Waals surface area contributed by atoms with Crippen LogP contribution in [0.1, 0.15) is 0 Å². The van der Waals surface area contributed by atoms with E-state index in [2.05, 4.69) is 5.73 Å². The number of nitrogens with zero attached hydrogens (tertiary/aromatic N) is 1. The van der Waals surface area contributed by atoms with E-state index < -0.39 is 23.2 Å². The van der Waals surface area contributed by atoms with Gasteiger partial charge in [0.15, 0.2) is 0 Å². The number of alkyl halides is 2. The molecule has 0 aromatic carbocycles. The van der Waals surface area contributed by atoms with Gasteiger partial charge in [-0.1, -0.05) is 8.96 Å². The highest BCUT2D eigenvalue weighted by atomic mass is 19.4. The molecule has 0 aliphatic heterocycles. The fourth-order valence-corrected chi connectivity index (χ4v) is 0.218. The van der Waals surface area contributed by atoms with Crippen molar-refractivity contribution in [2.75, 3.05) is 0 Å². The van der Waals surface area contributed by atoms with Crippen molar-refractivity contribution in [2.45, 2.75) is 6.05 Å². The van der Waals surface area contributed by atoms with Crippen LogP contribution in [0.15, 0.2) is 11.8 Å². The maximum atomic E-state index is 11.7. The second-order valence-electron chi connectivity index (χ2n) is 1.44. The van der Waals surface area contributed by atoms with Gasteiger partial charge in [-0.15, -0.1) is 0 Å². The summed E-state index contributed by atoms with van der Waals surface area (Å²) in [5.41, 5.74) is 3.86. The van der Waals surface area contributed by atoms with Crippen molar-refractivity contribution < 1.29 is 26.5 Å². The van der Waals surface area contributed by atoms with E-state index in [9.17, 15) is 26.5 Å². The predicted molar refractivity (Wildman–Crippen MR) is 22.4 cm³/mol. The molecule has 0 aliphatic carbocycles. The Balaban J connectivity index is 4.70. The van der Waals surface area contributed by atoms with E-state index in [0.29, 0.717) is 0 Å². The van der Waals surface area contributed by atoms with Crippen LogP contribution in [-0.4, -0.2) is 11.4 Å². The van der Waals surface area contributed by atoms with Crippen LogP contribution in [0, 0.1) is 0 Å². The molecule has 0 unspecified atom stereocenters. The van der Waals surface area contributed by atoms with E-state index in [-0.39, 0.29) is 0 Å². The molecule has 11 heavy (non-hydrogen) atoms. The van der Waals surface area contributed by atoms with Crippen molar-refractivity contribution in [1.29, 1.82) is 0 Å². The van der Waals surface area contributed by atoms with E-state index in [1.807, 2.05) is 0 Å². The molecule has 0 spiro atoms. The minimum absolute atomic E-state index is 2.48. The maximum absolute atomic E-state index is 11.7. The van der Waals surface area contributed by atoms with Crippen LogP contribution in [0.2, 0.25) is 0 Å². The van der Waals surface area contributed by atoms with Crippen molar-refractivity contribution in [3.63, 3.8) is 0 Å². The molecule has 0 aromatic heterocycles. The van der Waals surface area contributed by atoms with Crippen molar-refractivity contribution in [3.8, 4) is 0 Å². The third-order valence-corrected chi connectivity index (χ3v) is 0.686. The van der Waals surface area contributed by atoms with Gasteiger partial charge in [-0.2, -0.15) is 17.6 Å². The summed E-state index contributed by atoms with van der Waals surface area (Å²) in [5, 5.41) is -2.78. The fraction of sp³-hybridized carbons (Fsp3) is 0.333. The maximum Gasteiger partial charge on any atom is 0.414 e. The number of nitrogens with two attached hydrogens (primary N) is 1. The first-order chi connectivity index (χ1) is 4.80. The first-order valence-electron chi connectivity index (χ1n) is 2.11. The number of hydrogen-bond donors (Lipinski definition) is 1. The van der Waals surface area contributed by atoms with Gasteiger partial charge in [0, 0.05) is 0 Å². The zero-order valence-electron chi connectivity index (χ0n) is 4.79. The molecule has 0 heterocycles. The molecule has 2 N–H and O–H groups in total. The second kappa shape index (κ2) is 2.99. The topological polar surface area (TPSA) is 29.3 Å². The lowest BCUT2D eigenvalue weighted by atomic mass is 10.5. The molecule has 0 amide bonds. The first kappa shape index (κ1) is 10.1. The van der Waals surface area contributed by atoms with Gasteiger partial charge < -0.3 is 5.73 Å². The van der Waals surface area contributed by atoms with Crippen molar-refractivity contribution in [3.05, 3.63) is 11.8 Å². The summed E-state index contributed by atoms with van der Waals surface area (Å²) in [7, 11) is 0. The average molecular weight is 180 g/mol. The van der Waals surface area contributed by atoms with Crippen LogP contribution in [0.25, 0.3) is 0 Å². The average Bonchev–Trinajstić information content (AvgIpc) is 1.85. The third-order valence-electron chi connectivity index (χ3n) is 0.686. The summed E-state index contributed by atoms with van der Waals surface area (Å²) in [6, 6.07) is -5.31. The Morgan fingerprint density at radius 1 is 1.18 bits per heavy atom. The van der Waals surface area contributed by atoms with Gasteiger partial charge in [-0.25, -0.2) is 0 Å². The molecule has 0 saturated carbocycles. The summed E-state index contributed by atoms with van der Waals surface area (Å²) < 4.78 is 68.3. The molecule has 0 saturated heterocycles. The zero-order valence-corrected chi connectivity index (χ0v) is 4.79. The number of halogens is 6. The molecular formula is C3H2F6N2. The molecule has 8 heteroatoms. The van der Waals surface area contributed by atoms with Crippen LogP contribution in [0.4, 0.5) is 26.5 Å². The molecule has 0 aliphatic rings. The van der Waals surface area contributed by atoms with Crippen LogP contribution in [0.5, 0.6) is 0 Å². The minimum Gasteiger partial charge on any atom is -0.373 e. The Kier molecular flexibility index (Phi) is 2.74. The molecule has 0 fully saturated rings. The summed E-state index contributed by atoms with van der Waals surface area (Å²) in [4.78, 5) is 0. The van der Waals surface area contributed by atoms with Crippen LogP contribution in [0.3, 0.4) is 0 Å². The Bertz CT molecular complexity index is 171. The quantitative estimate of drug-likeness (QED) is 0.398. The fourth-order valence-electron chi connectivity index (χ4n) is 0.218. The standard InChI is InChI=1S/C3H2F6N2/c4-1(2(5)10)3(6,7)11(8)9/h10H2. The Hall–Kier alpha value is -0.920. The van der Waals surface area contributed by atoms with Crippen molar-refractivity contribution in [1.82, 2.24) is 5.34 Å². The van der Waals surface area contributed by atoms with E-state index in [0.717, 1.165) is 0 Å². The molecule has 0 atom stereocenters. The van der Waals surface area contributed by atoms with Gasteiger partial charge in [0.2, 0.25) is 11.8 Å². The molecule has 0 bridgehead atoms. The monoisotopic (exact) mass is 180 g/mol. The summed E-state index contributed by atoms with van der Waals surface area (Å²) in [6.07, 6.45) is 0. The van der Waals surface area contributed by atoms with Gasteiger partial charge in [0.25, 0.3) is 0 Å². The minimum atomic E-state index is -5.31. The van der Waals surface area contributed by atoms with Gasteiger partial charge in [-0.05, 0) is 0 Å². The van der Waals surface area contributed by atoms with Crippen LogP contribution in [-0.2, 0) is 0 Å². The SMILES string of the molecule is NC(F)=C(F)C(F)(F)N(F)F. The van der Waals surface area contributed by atoms with E-state index >= 15 is 0 Å². The predicted octanol–water partition coefficient (Wildman–Crippen LogP) is 1.72.